The lowest BCUT2D eigenvalue weighted by molar-refractivity contribution is 0.414. The van der Waals surface area contributed by atoms with Crippen LogP contribution in [0.3, 0.4) is 0 Å². The maximum atomic E-state index is 6.01. The van der Waals surface area contributed by atoms with Gasteiger partial charge in [-0.25, -0.2) is 0 Å². The fraction of sp³-hybridized carbons (Fsp3) is 0.286. The zero-order valence-corrected chi connectivity index (χ0v) is 12.2. The molecule has 0 aliphatic heterocycles. The van der Waals surface area contributed by atoms with Gasteiger partial charge in [0.25, 0.3) is 0 Å². The van der Waals surface area contributed by atoms with Crippen molar-refractivity contribution in [2.75, 3.05) is 14.2 Å². The summed E-state index contributed by atoms with van der Waals surface area (Å²) in [6.07, 6.45) is 0. The van der Waals surface area contributed by atoms with Gasteiger partial charge in [-0.2, -0.15) is 0 Å². The SMILES string of the molecule is CNC(c1ccc(Cl)s1)c1ccc(OC)cc1C. The van der Waals surface area contributed by atoms with Gasteiger partial charge in [0.15, 0.2) is 0 Å². The summed E-state index contributed by atoms with van der Waals surface area (Å²) in [7, 11) is 3.64. The number of aryl methyl sites for hydroxylation is 1. The van der Waals surface area contributed by atoms with E-state index < -0.39 is 0 Å². The molecular formula is C14H16ClNOS. The maximum Gasteiger partial charge on any atom is 0.119 e. The summed E-state index contributed by atoms with van der Waals surface area (Å²) >= 11 is 7.61. The van der Waals surface area contributed by atoms with E-state index in [-0.39, 0.29) is 6.04 Å². The summed E-state index contributed by atoms with van der Waals surface area (Å²) < 4.78 is 6.05. The molecule has 0 aliphatic rings. The van der Waals surface area contributed by atoms with Crippen LogP contribution in [0.25, 0.3) is 0 Å². The average molecular weight is 282 g/mol. The number of ether oxygens (including phenoxy) is 1. The van der Waals surface area contributed by atoms with Gasteiger partial charge < -0.3 is 10.1 Å². The Hall–Kier alpha value is -1.03. The van der Waals surface area contributed by atoms with Crippen LogP contribution in [0.2, 0.25) is 4.34 Å². The topological polar surface area (TPSA) is 21.3 Å². The van der Waals surface area contributed by atoms with E-state index in [2.05, 4.69) is 30.4 Å². The standard InChI is InChI=1S/C14H16ClNOS/c1-9-8-10(17-3)4-5-11(9)14(16-2)12-6-7-13(15)18-12/h4-8,14,16H,1-3H3. The Kier molecular flexibility index (Phi) is 4.27. The summed E-state index contributed by atoms with van der Waals surface area (Å²) in [5, 5.41) is 3.34. The first kappa shape index (κ1) is 13.4. The van der Waals surface area contributed by atoms with Gasteiger partial charge in [-0.15, -0.1) is 11.3 Å². The van der Waals surface area contributed by atoms with E-state index in [1.54, 1.807) is 18.4 Å². The van der Waals surface area contributed by atoms with Crippen molar-refractivity contribution < 1.29 is 4.74 Å². The largest absolute Gasteiger partial charge is 0.497 e. The molecule has 0 amide bonds. The number of methoxy groups -OCH3 is 1. The molecule has 1 aromatic heterocycles. The van der Waals surface area contributed by atoms with Crippen LogP contribution in [0.1, 0.15) is 22.0 Å². The zero-order chi connectivity index (χ0) is 13.1. The van der Waals surface area contributed by atoms with Crippen LogP contribution in [-0.2, 0) is 0 Å². The summed E-state index contributed by atoms with van der Waals surface area (Å²) in [5.41, 5.74) is 2.45. The Labute approximate surface area is 117 Å². The molecule has 0 bridgehead atoms. The van der Waals surface area contributed by atoms with E-state index in [1.807, 2.05) is 19.2 Å². The third kappa shape index (κ3) is 2.69. The fourth-order valence-corrected chi connectivity index (χ4v) is 3.22. The van der Waals surface area contributed by atoms with Gasteiger partial charge in [0.2, 0.25) is 0 Å². The van der Waals surface area contributed by atoms with Gasteiger partial charge in [0, 0.05) is 4.88 Å². The molecule has 4 heteroatoms. The molecule has 1 atom stereocenters. The smallest absolute Gasteiger partial charge is 0.119 e. The minimum atomic E-state index is 0.174. The number of nitrogens with one attached hydrogen (secondary N) is 1. The van der Waals surface area contributed by atoms with Gasteiger partial charge in [-0.05, 0) is 49.4 Å². The third-order valence-electron chi connectivity index (χ3n) is 2.96. The zero-order valence-electron chi connectivity index (χ0n) is 10.7. The lowest BCUT2D eigenvalue weighted by atomic mass is 10.00. The Morgan fingerprint density at radius 1 is 1.28 bits per heavy atom. The highest BCUT2D eigenvalue weighted by Gasteiger charge is 2.16. The van der Waals surface area contributed by atoms with Crippen LogP contribution < -0.4 is 10.1 Å². The molecule has 0 saturated carbocycles. The second-order valence-electron chi connectivity index (χ2n) is 4.09. The number of halogens is 1. The lowest BCUT2D eigenvalue weighted by Gasteiger charge is -2.18. The van der Waals surface area contributed by atoms with Crippen LogP contribution in [-0.4, -0.2) is 14.2 Å². The summed E-state index contributed by atoms with van der Waals surface area (Å²) in [5.74, 6) is 0.885. The molecule has 96 valence electrons. The van der Waals surface area contributed by atoms with Crippen molar-refractivity contribution in [2.45, 2.75) is 13.0 Å². The van der Waals surface area contributed by atoms with E-state index in [0.29, 0.717) is 0 Å². The predicted octanol–water partition coefficient (Wildman–Crippen LogP) is 4.03. The molecular weight excluding hydrogens is 266 g/mol. The number of thiophene rings is 1. The van der Waals surface area contributed by atoms with Crippen molar-refractivity contribution in [1.29, 1.82) is 0 Å². The minimum absolute atomic E-state index is 0.174. The number of benzene rings is 1. The van der Waals surface area contributed by atoms with Crippen molar-refractivity contribution in [3.05, 3.63) is 50.7 Å². The number of hydrogen-bond acceptors (Lipinski definition) is 3. The average Bonchev–Trinajstić information content (AvgIpc) is 2.78. The first-order valence-corrected chi connectivity index (χ1v) is 6.92. The minimum Gasteiger partial charge on any atom is -0.497 e. The predicted molar refractivity (Wildman–Crippen MR) is 78.0 cm³/mol. The van der Waals surface area contributed by atoms with Crippen LogP contribution >= 0.6 is 22.9 Å². The monoisotopic (exact) mass is 281 g/mol. The van der Waals surface area contributed by atoms with Gasteiger partial charge in [0.1, 0.15) is 5.75 Å². The van der Waals surface area contributed by atoms with E-state index in [1.165, 1.54) is 16.0 Å². The molecule has 2 rings (SSSR count). The molecule has 0 aliphatic carbocycles. The molecule has 0 radical (unpaired) electrons. The van der Waals surface area contributed by atoms with Crippen molar-refractivity contribution in [3.8, 4) is 5.75 Å². The van der Waals surface area contributed by atoms with Gasteiger partial charge >= 0.3 is 0 Å². The summed E-state index contributed by atoms with van der Waals surface area (Å²) in [4.78, 5) is 1.22. The highest BCUT2D eigenvalue weighted by molar-refractivity contribution is 7.16. The van der Waals surface area contributed by atoms with Crippen molar-refractivity contribution in [2.24, 2.45) is 0 Å². The second kappa shape index (κ2) is 5.74. The maximum absolute atomic E-state index is 6.01. The number of hydrogen-bond donors (Lipinski definition) is 1. The molecule has 1 aromatic carbocycles. The fourth-order valence-electron chi connectivity index (χ4n) is 2.03. The van der Waals surface area contributed by atoms with Crippen molar-refractivity contribution in [3.63, 3.8) is 0 Å². The van der Waals surface area contributed by atoms with Crippen molar-refractivity contribution >= 4 is 22.9 Å². The molecule has 1 heterocycles. The molecule has 0 fully saturated rings. The van der Waals surface area contributed by atoms with E-state index >= 15 is 0 Å². The first-order valence-electron chi connectivity index (χ1n) is 5.72. The molecule has 0 saturated heterocycles. The van der Waals surface area contributed by atoms with Crippen LogP contribution in [0.4, 0.5) is 0 Å². The first-order chi connectivity index (χ1) is 8.65. The molecule has 0 spiro atoms. The van der Waals surface area contributed by atoms with Crippen LogP contribution in [0.15, 0.2) is 30.3 Å². The van der Waals surface area contributed by atoms with Crippen LogP contribution in [0.5, 0.6) is 5.75 Å². The van der Waals surface area contributed by atoms with Crippen LogP contribution in [0, 0.1) is 6.92 Å². The number of rotatable bonds is 4. The Balaban J connectivity index is 2.39. The third-order valence-corrected chi connectivity index (χ3v) is 4.25. The molecule has 18 heavy (non-hydrogen) atoms. The lowest BCUT2D eigenvalue weighted by Crippen LogP contribution is -2.17. The highest BCUT2D eigenvalue weighted by Crippen LogP contribution is 2.33. The molecule has 2 aromatic rings. The van der Waals surface area contributed by atoms with Gasteiger partial charge in [-0.1, -0.05) is 17.7 Å². The second-order valence-corrected chi connectivity index (χ2v) is 5.83. The summed E-state index contributed by atoms with van der Waals surface area (Å²) in [6, 6.07) is 10.3. The van der Waals surface area contributed by atoms with Gasteiger partial charge in [-0.3, -0.25) is 0 Å². The van der Waals surface area contributed by atoms with Gasteiger partial charge in [0.05, 0.1) is 17.5 Å². The van der Waals surface area contributed by atoms with E-state index in [0.717, 1.165) is 10.1 Å². The normalized spacial score (nSPS) is 12.4. The van der Waals surface area contributed by atoms with E-state index in [9.17, 15) is 0 Å². The Morgan fingerprint density at radius 2 is 2.06 bits per heavy atom. The quantitative estimate of drug-likeness (QED) is 0.914. The Morgan fingerprint density at radius 3 is 2.56 bits per heavy atom. The molecule has 2 nitrogen and oxygen atoms in total. The molecule has 1 N–H and O–H groups in total. The molecule has 1 unspecified atom stereocenters. The Bertz CT molecular complexity index is 538. The summed E-state index contributed by atoms with van der Waals surface area (Å²) in [6.45, 7) is 2.09. The highest BCUT2D eigenvalue weighted by atomic mass is 35.5. The van der Waals surface area contributed by atoms with Crippen molar-refractivity contribution in [1.82, 2.24) is 5.32 Å². The van der Waals surface area contributed by atoms with E-state index in [4.69, 9.17) is 16.3 Å².